The van der Waals surface area contributed by atoms with E-state index in [1.807, 2.05) is 6.07 Å². The van der Waals surface area contributed by atoms with Crippen molar-refractivity contribution in [2.45, 2.75) is 38.5 Å². The second-order valence-corrected chi connectivity index (χ2v) is 8.21. The number of rotatable bonds is 5. The van der Waals surface area contributed by atoms with E-state index in [2.05, 4.69) is 27.3 Å². The molecular formula is C14H19BrN2OS2. The van der Waals surface area contributed by atoms with Gasteiger partial charge in [0.2, 0.25) is 5.91 Å². The Morgan fingerprint density at radius 2 is 2.10 bits per heavy atom. The number of thiophene rings is 1. The van der Waals surface area contributed by atoms with Crippen molar-refractivity contribution >= 4 is 50.4 Å². The Morgan fingerprint density at radius 1 is 1.40 bits per heavy atom. The SMILES string of the molecule is NC(=S)C1(C(=O)NCCc2ccc(Br)s2)CCCCC1. The predicted octanol–water partition coefficient (Wildman–Crippen LogP) is 3.41. The van der Waals surface area contributed by atoms with Gasteiger partial charge < -0.3 is 11.1 Å². The Morgan fingerprint density at radius 3 is 2.65 bits per heavy atom. The molecule has 1 aromatic rings. The molecule has 1 aliphatic rings. The number of thiocarbonyl (C=S) groups is 1. The van der Waals surface area contributed by atoms with Crippen LogP contribution >= 0.6 is 39.5 Å². The van der Waals surface area contributed by atoms with Gasteiger partial charge in [-0.15, -0.1) is 11.3 Å². The molecule has 1 fully saturated rings. The molecule has 110 valence electrons. The number of nitrogens with two attached hydrogens (primary N) is 1. The summed E-state index contributed by atoms with van der Waals surface area (Å²) < 4.78 is 1.12. The van der Waals surface area contributed by atoms with Gasteiger partial charge in [0.1, 0.15) is 0 Å². The van der Waals surface area contributed by atoms with E-state index in [4.69, 9.17) is 18.0 Å². The minimum atomic E-state index is -0.608. The fourth-order valence-electron chi connectivity index (χ4n) is 2.70. The molecule has 1 heterocycles. The minimum absolute atomic E-state index is 0.0142. The van der Waals surface area contributed by atoms with Crippen LogP contribution in [0, 0.1) is 5.41 Å². The van der Waals surface area contributed by atoms with Gasteiger partial charge in [0.15, 0.2) is 0 Å². The van der Waals surface area contributed by atoms with E-state index in [-0.39, 0.29) is 5.91 Å². The van der Waals surface area contributed by atoms with Gasteiger partial charge in [-0.3, -0.25) is 4.79 Å². The fraction of sp³-hybridized carbons (Fsp3) is 0.571. The quantitative estimate of drug-likeness (QED) is 0.776. The molecule has 3 N–H and O–H groups in total. The van der Waals surface area contributed by atoms with Gasteiger partial charge in [-0.25, -0.2) is 0 Å². The Balaban J connectivity index is 1.90. The lowest BCUT2D eigenvalue weighted by Gasteiger charge is -2.34. The molecule has 0 aromatic carbocycles. The fourth-order valence-corrected chi connectivity index (χ4v) is 4.47. The first-order valence-electron chi connectivity index (χ1n) is 6.87. The first-order chi connectivity index (χ1) is 9.54. The van der Waals surface area contributed by atoms with Gasteiger partial charge in [-0.05, 0) is 47.3 Å². The van der Waals surface area contributed by atoms with E-state index in [1.165, 1.54) is 11.3 Å². The second-order valence-electron chi connectivity index (χ2n) is 5.22. The molecule has 0 atom stereocenters. The third kappa shape index (κ3) is 3.59. The lowest BCUT2D eigenvalue weighted by Crippen LogP contribution is -2.50. The molecule has 0 bridgehead atoms. The average molecular weight is 375 g/mol. The second kappa shape index (κ2) is 7.00. The lowest BCUT2D eigenvalue weighted by molar-refractivity contribution is -0.128. The standard InChI is InChI=1S/C14H19BrN2OS2/c15-11-5-4-10(20-11)6-9-17-13(18)14(12(16)19)7-2-1-3-8-14/h4-5H,1-3,6-9H2,(H2,16,19)(H,17,18). The van der Waals surface area contributed by atoms with Crippen molar-refractivity contribution in [3.8, 4) is 0 Å². The number of hydrogen-bond acceptors (Lipinski definition) is 3. The molecule has 20 heavy (non-hydrogen) atoms. The van der Waals surface area contributed by atoms with Gasteiger partial charge in [-0.2, -0.15) is 0 Å². The molecular weight excluding hydrogens is 356 g/mol. The maximum atomic E-state index is 12.5. The van der Waals surface area contributed by atoms with Crippen LogP contribution in [-0.4, -0.2) is 17.4 Å². The summed E-state index contributed by atoms with van der Waals surface area (Å²) in [6.45, 7) is 0.635. The van der Waals surface area contributed by atoms with Crippen molar-refractivity contribution in [3.63, 3.8) is 0 Å². The number of carbonyl (C=O) groups is 1. The van der Waals surface area contributed by atoms with Crippen LogP contribution in [-0.2, 0) is 11.2 Å². The Labute approximate surface area is 137 Å². The van der Waals surface area contributed by atoms with Crippen LogP contribution in [0.5, 0.6) is 0 Å². The summed E-state index contributed by atoms with van der Waals surface area (Å²) in [6.07, 6.45) is 5.65. The Bertz CT molecular complexity index is 495. The van der Waals surface area contributed by atoms with Crippen LogP contribution < -0.4 is 11.1 Å². The summed E-state index contributed by atoms with van der Waals surface area (Å²) in [5.74, 6) is 0.0142. The van der Waals surface area contributed by atoms with Crippen molar-refractivity contribution in [1.82, 2.24) is 5.32 Å². The molecule has 1 aromatic heterocycles. The normalized spacial score (nSPS) is 17.6. The number of hydrogen-bond donors (Lipinski definition) is 2. The van der Waals surface area contributed by atoms with Crippen molar-refractivity contribution in [2.24, 2.45) is 11.1 Å². The Kier molecular flexibility index (Phi) is 5.57. The van der Waals surface area contributed by atoms with Gasteiger partial charge in [0.05, 0.1) is 14.2 Å². The van der Waals surface area contributed by atoms with Gasteiger partial charge in [0.25, 0.3) is 0 Å². The van der Waals surface area contributed by atoms with E-state index in [0.717, 1.165) is 35.9 Å². The van der Waals surface area contributed by atoms with Crippen LogP contribution in [0.4, 0.5) is 0 Å². The molecule has 3 nitrogen and oxygen atoms in total. The highest BCUT2D eigenvalue weighted by molar-refractivity contribution is 9.11. The molecule has 0 spiro atoms. The molecule has 2 rings (SSSR count). The smallest absolute Gasteiger partial charge is 0.233 e. The maximum Gasteiger partial charge on any atom is 0.233 e. The van der Waals surface area contributed by atoms with Crippen LogP contribution in [0.2, 0.25) is 0 Å². The molecule has 0 saturated heterocycles. The van der Waals surface area contributed by atoms with Crippen molar-refractivity contribution in [3.05, 3.63) is 20.8 Å². The summed E-state index contributed by atoms with van der Waals surface area (Å²) in [5, 5.41) is 3.02. The molecule has 1 amide bonds. The summed E-state index contributed by atoms with van der Waals surface area (Å²) in [5.41, 5.74) is 5.25. The van der Waals surface area contributed by atoms with E-state index in [1.54, 1.807) is 11.3 Å². The average Bonchev–Trinajstić information content (AvgIpc) is 2.85. The number of halogens is 1. The third-order valence-corrected chi connectivity index (χ3v) is 5.97. The van der Waals surface area contributed by atoms with Crippen LogP contribution in [0.3, 0.4) is 0 Å². The number of amides is 1. The van der Waals surface area contributed by atoms with E-state index in [0.29, 0.717) is 11.5 Å². The van der Waals surface area contributed by atoms with Crippen LogP contribution in [0.15, 0.2) is 15.9 Å². The van der Waals surface area contributed by atoms with Gasteiger partial charge in [-0.1, -0.05) is 31.5 Å². The molecule has 0 unspecified atom stereocenters. The molecule has 0 aliphatic heterocycles. The Hall–Kier alpha value is -0.460. The van der Waals surface area contributed by atoms with E-state index in [9.17, 15) is 4.79 Å². The van der Waals surface area contributed by atoms with Gasteiger partial charge in [0, 0.05) is 11.4 Å². The highest BCUT2D eigenvalue weighted by Gasteiger charge is 2.42. The first-order valence-corrected chi connectivity index (χ1v) is 8.89. The summed E-state index contributed by atoms with van der Waals surface area (Å²) in [4.78, 5) is 14.1. The largest absolute Gasteiger partial charge is 0.392 e. The summed E-state index contributed by atoms with van der Waals surface area (Å²) >= 11 is 10.3. The highest BCUT2D eigenvalue weighted by Crippen LogP contribution is 2.37. The zero-order chi connectivity index (χ0) is 14.6. The predicted molar refractivity (Wildman–Crippen MR) is 91.0 cm³/mol. The lowest BCUT2D eigenvalue weighted by atomic mass is 9.73. The van der Waals surface area contributed by atoms with E-state index >= 15 is 0 Å². The molecule has 0 radical (unpaired) electrons. The topological polar surface area (TPSA) is 55.1 Å². The zero-order valence-corrected chi connectivity index (χ0v) is 14.5. The monoisotopic (exact) mass is 374 g/mol. The maximum absolute atomic E-state index is 12.5. The number of carbonyl (C=O) groups excluding carboxylic acids is 1. The van der Waals surface area contributed by atoms with Gasteiger partial charge >= 0.3 is 0 Å². The van der Waals surface area contributed by atoms with Crippen molar-refractivity contribution in [1.29, 1.82) is 0 Å². The first kappa shape index (κ1) is 15.9. The van der Waals surface area contributed by atoms with Crippen molar-refractivity contribution in [2.75, 3.05) is 6.54 Å². The third-order valence-electron chi connectivity index (χ3n) is 3.90. The summed E-state index contributed by atoms with van der Waals surface area (Å²) in [7, 11) is 0. The minimum Gasteiger partial charge on any atom is -0.392 e. The van der Waals surface area contributed by atoms with Crippen LogP contribution in [0.25, 0.3) is 0 Å². The molecule has 1 saturated carbocycles. The molecule has 6 heteroatoms. The molecule has 1 aliphatic carbocycles. The highest BCUT2D eigenvalue weighted by atomic mass is 79.9. The summed E-state index contributed by atoms with van der Waals surface area (Å²) in [6, 6.07) is 4.10. The van der Waals surface area contributed by atoms with Crippen LogP contribution in [0.1, 0.15) is 37.0 Å². The van der Waals surface area contributed by atoms with Crippen molar-refractivity contribution < 1.29 is 4.79 Å². The number of nitrogens with one attached hydrogen (secondary N) is 1. The van der Waals surface area contributed by atoms with E-state index < -0.39 is 5.41 Å². The zero-order valence-electron chi connectivity index (χ0n) is 11.3.